The van der Waals surface area contributed by atoms with Gasteiger partial charge < -0.3 is 15.0 Å². The van der Waals surface area contributed by atoms with E-state index in [1.165, 1.54) is 0 Å². The van der Waals surface area contributed by atoms with E-state index < -0.39 is 6.10 Å². The first kappa shape index (κ1) is 17.7. The molecule has 1 aliphatic heterocycles. The van der Waals surface area contributed by atoms with Crippen LogP contribution < -0.4 is 0 Å². The summed E-state index contributed by atoms with van der Waals surface area (Å²) in [5, 5.41) is 15.9. The Hall–Kier alpha value is -2.67. The second-order valence-electron chi connectivity index (χ2n) is 7.12. The van der Waals surface area contributed by atoms with E-state index in [0.29, 0.717) is 31.8 Å². The third-order valence-electron chi connectivity index (χ3n) is 5.19. The van der Waals surface area contributed by atoms with Crippen molar-refractivity contribution in [1.82, 2.24) is 24.6 Å². The lowest BCUT2D eigenvalue weighted by Gasteiger charge is -2.26. The van der Waals surface area contributed by atoms with Crippen LogP contribution >= 0.6 is 0 Å². The molecule has 0 bridgehead atoms. The quantitative estimate of drug-likeness (QED) is 0.701. The van der Waals surface area contributed by atoms with Crippen LogP contribution in [0.2, 0.25) is 0 Å². The Bertz CT molecular complexity index is 945. The lowest BCUT2D eigenvalue weighted by molar-refractivity contribution is -0.134. The molecule has 1 amide bonds. The number of aliphatic hydroxyl groups is 1. The number of nitrogens with one attached hydrogen (secondary N) is 1. The third kappa shape index (κ3) is 3.60. The van der Waals surface area contributed by atoms with Gasteiger partial charge in [0.05, 0.1) is 19.2 Å². The summed E-state index contributed by atoms with van der Waals surface area (Å²) >= 11 is 0. The van der Waals surface area contributed by atoms with Crippen molar-refractivity contribution in [3.05, 3.63) is 36.3 Å². The molecular formula is C20H25N5O2. The van der Waals surface area contributed by atoms with Gasteiger partial charge in [0.1, 0.15) is 5.82 Å². The van der Waals surface area contributed by atoms with Crippen LogP contribution in [0.15, 0.2) is 30.5 Å². The number of hydrogen-bond donors (Lipinski definition) is 2. The molecule has 1 unspecified atom stereocenters. The van der Waals surface area contributed by atoms with Crippen LogP contribution in [0.3, 0.4) is 0 Å². The van der Waals surface area contributed by atoms with Crippen molar-refractivity contribution in [2.45, 2.75) is 51.8 Å². The van der Waals surface area contributed by atoms with Crippen molar-refractivity contribution in [3.63, 3.8) is 0 Å². The molecule has 2 aromatic heterocycles. The van der Waals surface area contributed by atoms with Crippen molar-refractivity contribution in [1.29, 1.82) is 0 Å². The fourth-order valence-electron chi connectivity index (χ4n) is 3.54. The number of para-hydroxylation sites is 1. The van der Waals surface area contributed by atoms with E-state index in [-0.39, 0.29) is 5.91 Å². The summed E-state index contributed by atoms with van der Waals surface area (Å²) in [6.07, 6.45) is 4.64. The maximum absolute atomic E-state index is 12.2. The van der Waals surface area contributed by atoms with Gasteiger partial charge in [-0.1, -0.05) is 25.1 Å². The lowest BCUT2D eigenvalue weighted by Crippen LogP contribution is -2.36. The number of amides is 1. The van der Waals surface area contributed by atoms with E-state index in [2.05, 4.69) is 10.1 Å². The molecule has 0 spiro atoms. The van der Waals surface area contributed by atoms with Crippen LogP contribution in [0.5, 0.6) is 0 Å². The van der Waals surface area contributed by atoms with Gasteiger partial charge in [0.15, 0.2) is 5.82 Å². The first-order valence-electron chi connectivity index (χ1n) is 9.61. The molecule has 27 heavy (non-hydrogen) atoms. The minimum atomic E-state index is -0.488. The van der Waals surface area contributed by atoms with Gasteiger partial charge in [0.2, 0.25) is 5.91 Å². The fraction of sp³-hybridized carbons (Fsp3) is 0.450. The molecule has 0 saturated carbocycles. The Balaban J connectivity index is 1.69. The van der Waals surface area contributed by atoms with E-state index in [1.807, 2.05) is 42.3 Å². The Kier molecular flexibility index (Phi) is 4.94. The number of hydrogen-bond acceptors (Lipinski definition) is 4. The summed E-state index contributed by atoms with van der Waals surface area (Å²) in [5.74, 6) is 1.51. The number of carbonyl (C=O) groups is 1. The average Bonchev–Trinajstić information content (AvgIpc) is 3.27. The summed E-state index contributed by atoms with van der Waals surface area (Å²) in [6, 6.07) is 8.03. The maximum atomic E-state index is 12.2. The second kappa shape index (κ2) is 7.52. The highest BCUT2D eigenvalue weighted by Gasteiger charge is 2.23. The molecule has 0 aliphatic carbocycles. The molecule has 7 heteroatoms. The van der Waals surface area contributed by atoms with E-state index in [1.54, 1.807) is 4.68 Å². The van der Waals surface area contributed by atoms with Gasteiger partial charge in [-0.05, 0) is 25.3 Å². The molecule has 1 fully saturated rings. The molecule has 142 valence electrons. The summed E-state index contributed by atoms with van der Waals surface area (Å²) in [7, 11) is 0. The van der Waals surface area contributed by atoms with Crippen LogP contribution in [0.25, 0.3) is 22.3 Å². The molecule has 2 N–H and O–H groups in total. The van der Waals surface area contributed by atoms with Crippen LogP contribution in [-0.4, -0.2) is 48.3 Å². The molecule has 1 aliphatic rings. The molecule has 1 atom stereocenters. The van der Waals surface area contributed by atoms with E-state index in [0.717, 1.165) is 41.7 Å². The summed E-state index contributed by atoms with van der Waals surface area (Å²) < 4.78 is 1.76. The first-order valence-corrected chi connectivity index (χ1v) is 9.61. The number of likely N-dealkylation sites (tertiary alicyclic amines) is 1. The van der Waals surface area contributed by atoms with E-state index in [9.17, 15) is 9.90 Å². The molecule has 7 nitrogen and oxygen atoms in total. The predicted octanol–water partition coefficient (Wildman–Crippen LogP) is 2.71. The molecule has 0 radical (unpaired) electrons. The zero-order valence-electron chi connectivity index (χ0n) is 15.6. The Labute approximate surface area is 158 Å². The predicted molar refractivity (Wildman–Crippen MR) is 103 cm³/mol. The highest BCUT2D eigenvalue weighted by molar-refractivity contribution is 5.93. The Morgan fingerprint density at radius 1 is 1.30 bits per heavy atom. The Morgan fingerprint density at radius 3 is 2.96 bits per heavy atom. The van der Waals surface area contributed by atoms with Gasteiger partial charge in [-0.15, -0.1) is 0 Å². The number of carbonyl (C=O) groups excluding carboxylic acids is 1. The summed E-state index contributed by atoms with van der Waals surface area (Å²) in [6.45, 7) is 3.51. The number of H-pyrrole nitrogens is 1. The van der Waals surface area contributed by atoms with E-state index in [4.69, 9.17) is 4.98 Å². The smallest absolute Gasteiger partial charge is 0.222 e. The largest absolute Gasteiger partial charge is 0.391 e. The van der Waals surface area contributed by atoms with Gasteiger partial charge in [0, 0.05) is 35.6 Å². The van der Waals surface area contributed by atoms with Gasteiger partial charge in [0.25, 0.3) is 0 Å². The highest BCUT2D eigenvalue weighted by atomic mass is 16.3. The number of nitrogens with zero attached hydrogens (tertiary/aromatic N) is 4. The first-order chi connectivity index (χ1) is 13.2. The van der Waals surface area contributed by atoms with Crippen LogP contribution in [-0.2, 0) is 17.9 Å². The van der Waals surface area contributed by atoms with Crippen molar-refractivity contribution in [2.24, 2.45) is 0 Å². The monoisotopic (exact) mass is 367 g/mol. The SMILES string of the molecule is CCC(O)Cn1nc(-c2c[nH]c3ccccc23)nc1CN1CCCCC1=O. The normalized spacial score (nSPS) is 16.2. The van der Waals surface area contributed by atoms with E-state index >= 15 is 0 Å². The van der Waals surface area contributed by atoms with Crippen molar-refractivity contribution in [2.75, 3.05) is 6.54 Å². The number of piperidine rings is 1. The van der Waals surface area contributed by atoms with Gasteiger partial charge in [-0.2, -0.15) is 5.10 Å². The molecule has 4 rings (SSSR count). The highest BCUT2D eigenvalue weighted by Crippen LogP contribution is 2.27. The number of aromatic amines is 1. The van der Waals surface area contributed by atoms with Crippen molar-refractivity contribution in [3.8, 4) is 11.4 Å². The number of aromatic nitrogens is 4. The molecule has 1 aromatic carbocycles. The topological polar surface area (TPSA) is 87.0 Å². The van der Waals surface area contributed by atoms with Gasteiger partial charge in [-0.3, -0.25) is 4.79 Å². The molecule has 1 saturated heterocycles. The molecule has 3 aromatic rings. The van der Waals surface area contributed by atoms with Crippen molar-refractivity contribution >= 4 is 16.8 Å². The Morgan fingerprint density at radius 2 is 2.15 bits per heavy atom. The summed E-state index contributed by atoms with van der Waals surface area (Å²) in [5.41, 5.74) is 1.96. The minimum absolute atomic E-state index is 0.167. The standard InChI is InChI=1S/C20H25N5O2/c1-2-14(26)12-25-18(13-24-10-6-5-9-19(24)27)22-20(23-25)16-11-21-17-8-4-3-7-15(16)17/h3-4,7-8,11,14,21,26H,2,5-6,9-10,12-13H2,1H3. The zero-order chi connectivity index (χ0) is 18.8. The average molecular weight is 367 g/mol. The van der Waals surface area contributed by atoms with Crippen LogP contribution in [0.4, 0.5) is 0 Å². The lowest BCUT2D eigenvalue weighted by atomic mass is 10.1. The third-order valence-corrected chi connectivity index (χ3v) is 5.19. The maximum Gasteiger partial charge on any atom is 0.222 e. The van der Waals surface area contributed by atoms with Crippen LogP contribution in [0.1, 0.15) is 38.4 Å². The molecule has 3 heterocycles. The fourth-order valence-corrected chi connectivity index (χ4v) is 3.54. The number of benzene rings is 1. The van der Waals surface area contributed by atoms with Crippen LogP contribution in [0, 0.1) is 0 Å². The minimum Gasteiger partial charge on any atom is -0.391 e. The summed E-state index contributed by atoms with van der Waals surface area (Å²) in [4.78, 5) is 22.1. The zero-order valence-corrected chi connectivity index (χ0v) is 15.6. The van der Waals surface area contributed by atoms with Gasteiger partial charge in [-0.25, -0.2) is 9.67 Å². The molecular weight excluding hydrogens is 342 g/mol. The van der Waals surface area contributed by atoms with Gasteiger partial charge >= 0.3 is 0 Å². The number of fused-ring (bicyclic) bond motifs is 1. The van der Waals surface area contributed by atoms with Crippen molar-refractivity contribution < 1.29 is 9.90 Å². The second-order valence-corrected chi connectivity index (χ2v) is 7.12. The number of rotatable bonds is 6. The number of aliphatic hydroxyl groups excluding tert-OH is 1.